The first-order valence-corrected chi connectivity index (χ1v) is 6.65. The van der Waals surface area contributed by atoms with Gasteiger partial charge < -0.3 is 5.11 Å². The molecule has 0 amide bonds. The minimum atomic E-state index is -0.862. The van der Waals surface area contributed by atoms with Gasteiger partial charge in [-0.05, 0) is 29.7 Å². The van der Waals surface area contributed by atoms with Crippen molar-refractivity contribution in [2.45, 2.75) is 44.8 Å². The number of carboxylic acid groups (broad SMARTS) is 1. The zero-order chi connectivity index (χ0) is 12.8. The summed E-state index contributed by atoms with van der Waals surface area (Å²) in [7, 11) is 0. The van der Waals surface area contributed by atoms with Gasteiger partial charge >= 0.3 is 5.97 Å². The minimum absolute atomic E-state index is 0.0174. The first-order chi connectivity index (χ1) is 8.04. The zero-order valence-electron chi connectivity index (χ0n) is 10.3. The van der Waals surface area contributed by atoms with Gasteiger partial charge in [-0.2, -0.15) is 0 Å². The fourth-order valence-electron chi connectivity index (χ4n) is 1.53. The predicted octanol–water partition coefficient (Wildman–Crippen LogP) is 1.85. The van der Waals surface area contributed by atoms with Crippen molar-refractivity contribution in [2.75, 3.05) is 5.75 Å². The second kappa shape index (κ2) is 6.58. The van der Waals surface area contributed by atoms with E-state index in [1.165, 1.54) is 0 Å². The van der Waals surface area contributed by atoms with Crippen molar-refractivity contribution in [1.29, 1.82) is 0 Å². The topological polar surface area (TPSA) is 80.9 Å². The number of aliphatic carboxylic acids is 1. The lowest BCUT2D eigenvalue weighted by molar-refractivity contribution is -0.133. The van der Waals surface area contributed by atoms with Crippen molar-refractivity contribution < 1.29 is 9.90 Å². The molecule has 17 heavy (non-hydrogen) atoms. The molecule has 2 unspecified atom stereocenters. The number of carboxylic acids is 1. The summed E-state index contributed by atoms with van der Waals surface area (Å²) in [4.78, 5) is 10.5. The molecule has 96 valence electrons. The molecule has 0 aliphatic heterocycles. The van der Waals surface area contributed by atoms with E-state index in [2.05, 4.69) is 29.4 Å². The Bertz CT molecular complexity index is 369. The van der Waals surface area contributed by atoms with E-state index in [0.29, 0.717) is 11.1 Å². The Balaban J connectivity index is 2.63. The van der Waals surface area contributed by atoms with Gasteiger partial charge in [-0.1, -0.05) is 32.0 Å². The lowest BCUT2D eigenvalue weighted by Crippen LogP contribution is -2.12. The van der Waals surface area contributed by atoms with Crippen LogP contribution in [0, 0.1) is 5.92 Å². The third kappa shape index (κ3) is 4.33. The first kappa shape index (κ1) is 14.0. The van der Waals surface area contributed by atoms with Crippen molar-refractivity contribution in [1.82, 2.24) is 20.2 Å². The van der Waals surface area contributed by atoms with Gasteiger partial charge in [-0.3, -0.25) is 4.79 Å². The Morgan fingerprint density at radius 1 is 1.53 bits per heavy atom. The lowest BCUT2D eigenvalue weighted by Gasteiger charge is -2.16. The van der Waals surface area contributed by atoms with Crippen LogP contribution in [0.5, 0.6) is 0 Å². The molecule has 1 rings (SSSR count). The molecule has 0 bridgehead atoms. The summed E-state index contributed by atoms with van der Waals surface area (Å²) in [5, 5.41) is 20.6. The summed E-state index contributed by atoms with van der Waals surface area (Å²) >= 11 is 1.15. The van der Waals surface area contributed by atoms with Gasteiger partial charge in [0.1, 0.15) is 0 Å². The summed E-state index contributed by atoms with van der Waals surface area (Å²) in [5.74, 6) is -0.276. The number of tetrazole rings is 1. The molecule has 0 spiro atoms. The fourth-order valence-corrected chi connectivity index (χ4v) is 2.23. The third-order valence-corrected chi connectivity index (χ3v) is 3.56. The highest BCUT2D eigenvalue weighted by Crippen LogP contribution is 2.23. The van der Waals surface area contributed by atoms with Crippen LogP contribution in [0.4, 0.5) is 0 Å². The number of hydrogen-bond acceptors (Lipinski definition) is 5. The molecule has 0 aromatic carbocycles. The predicted molar refractivity (Wildman–Crippen MR) is 65.0 cm³/mol. The third-order valence-electron chi connectivity index (χ3n) is 2.65. The molecule has 1 N–H and O–H groups in total. The lowest BCUT2D eigenvalue weighted by atomic mass is 10.0. The van der Waals surface area contributed by atoms with Gasteiger partial charge in [-0.15, -0.1) is 5.10 Å². The maximum atomic E-state index is 10.5. The molecule has 2 atom stereocenters. The van der Waals surface area contributed by atoms with E-state index in [1.807, 2.05) is 6.92 Å². The smallest absolute Gasteiger partial charge is 0.313 e. The average Bonchev–Trinajstić information content (AvgIpc) is 2.74. The minimum Gasteiger partial charge on any atom is -0.481 e. The van der Waals surface area contributed by atoms with E-state index in [0.717, 1.165) is 24.6 Å². The summed E-state index contributed by atoms with van der Waals surface area (Å²) < 4.78 is 1.71. The molecular formula is C10H18N4O2S. The second-order valence-corrected chi connectivity index (χ2v) is 5.13. The average molecular weight is 258 g/mol. The Hall–Kier alpha value is -1.11. The van der Waals surface area contributed by atoms with E-state index in [-0.39, 0.29) is 11.8 Å². The molecule has 1 aromatic rings. The number of hydrogen-bond donors (Lipinski definition) is 1. The summed E-state index contributed by atoms with van der Waals surface area (Å²) in [6, 6.07) is 0.191. The van der Waals surface area contributed by atoms with Crippen LogP contribution in [0.25, 0.3) is 0 Å². The SMILES string of the molecule is CCC(C)CC(C)n1nnnc1SCC(=O)O. The number of thioether (sulfide) groups is 1. The van der Waals surface area contributed by atoms with Crippen LogP contribution < -0.4 is 0 Å². The van der Waals surface area contributed by atoms with Crippen LogP contribution in [0.1, 0.15) is 39.7 Å². The van der Waals surface area contributed by atoms with Crippen molar-refractivity contribution >= 4 is 17.7 Å². The van der Waals surface area contributed by atoms with E-state index < -0.39 is 5.97 Å². The maximum Gasteiger partial charge on any atom is 0.313 e. The Labute approximate surface area is 105 Å². The van der Waals surface area contributed by atoms with E-state index in [1.54, 1.807) is 4.68 Å². The van der Waals surface area contributed by atoms with E-state index in [9.17, 15) is 4.79 Å². The van der Waals surface area contributed by atoms with Crippen molar-refractivity contribution in [3.63, 3.8) is 0 Å². The summed E-state index contributed by atoms with van der Waals surface area (Å²) in [5.41, 5.74) is 0. The normalized spacial score (nSPS) is 14.5. The van der Waals surface area contributed by atoms with Gasteiger partial charge in [0.15, 0.2) is 0 Å². The molecule has 0 saturated heterocycles. The number of aromatic nitrogens is 4. The van der Waals surface area contributed by atoms with Crippen LogP contribution in [0.3, 0.4) is 0 Å². The molecule has 1 heterocycles. The fraction of sp³-hybridized carbons (Fsp3) is 0.800. The largest absolute Gasteiger partial charge is 0.481 e. The molecule has 6 nitrogen and oxygen atoms in total. The maximum absolute atomic E-state index is 10.5. The van der Waals surface area contributed by atoms with Crippen LogP contribution >= 0.6 is 11.8 Å². The second-order valence-electron chi connectivity index (χ2n) is 4.19. The van der Waals surface area contributed by atoms with Gasteiger partial charge in [0.25, 0.3) is 0 Å². The number of carbonyl (C=O) groups is 1. The highest BCUT2D eigenvalue weighted by atomic mass is 32.2. The van der Waals surface area contributed by atoms with Gasteiger partial charge in [0, 0.05) is 0 Å². The van der Waals surface area contributed by atoms with Crippen LogP contribution in [0.15, 0.2) is 5.16 Å². The van der Waals surface area contributed by atoms with Gasteiger partial charge in [-0.25, -0.2) is 4.68 Å². The van der Waals surface area contributed by atoms with Gasteiger partial charge in [0.05, 0.1) is 11.8 Å². The van der Waals surface area contributed by atoms with Crippen LogP contribution in [-0.2, 0) is 4.79 Å². The molecular weight excluding hydrogens is 240 g/mol. The van der Waals surface area contributed by atoms with Crippen molar-refractivity contribution in [3.05, 3.63) is 0 Å². The van der Waals surface area contributed by atoms with E-state index >= 15 is 0 Å². The number of rotatable bonds is 7. The van der Waals surface area contributed by atoms with Gasteiger partial charge in [0.2, 0.25) is 5.16 Å². The van der Waals surface area contributed by atoms with Crippen molar-refractivity contribution in [2.24, 2.45) is 5.92 Å². The molecule has 0 saturated carbocycles. The Kier molecular flexibility index (Phi) is 5.40. The Morgan fingerprint density at radius 2 is 2.24 bits per heavy atom. The summed E-state index contributed by atoms with van der Waals surface area (Å²) in [6.45, 7) is 6.38. The molecule has 0 radical (unpaired) electrons. The molecule has 0 fully saturated rings. The standard InChI is InChI=1S/C10H18N4O2S/c1-4-7(2)5-8(3)14-10(11-12-13-14)17-6-9(15)16/h7-8H,4-6H2,1-3H3,(H,15,16). The quantitative estimate of drug-likeness (QED) is 0.752. The first-order valence-electron chi connectivity index (χ1n) is 5.67. The highest BCUT2D eigenvalue weighted by molar-refractivity contribution is 7.99. The number of nitrogens with zero attached hydrogens (tertiary/aromatic N) is 4. The summed E-state index contributed by atoms with van der Waals surface area (Å²) in [6.07, 6.45) is 2.10. The monoisotopic (exact) mass is 258 g/mol. The molecule has 0 aliphatic rings. The molecule has 7 heteroatoms. The Morgan fingerprint density at radius 3 is 2.82 bits per heavy atom. The van der Waals surface area contributed by atoms with Crippen LogP contribution in [-0.4, -0.2) is 37.0 Å². The van der Waals surface area contributed by atoms with Crippen molar-refractivity contribution in [3.8, 4) is 0 Å². The van der Waals surface area contributed by atoms with E-state index in [4.69, 9.17) is 5.11 Å². The molecule has 0 aliphatic carbocycles. The highest BCUT2D eigenvalue weighted by Gasteiger charge is 2.16. The van der Waals surface area contributed by atoms with Crippen LogP contribution in [0.2, 0.25) is 0 Å². The molecule has 1 aromatic heterocycles. The zero-order valence-corrected chi connectivity index (χ0v) is 11.1.